The van der Waals surface area contributed by atoms with E-state index in [-0.39, 0.29) is 40.7 Å². The third kappa shape index (κ3) is 2.26. The number of esters is 1. The third-order valence-electron chi connectivity index (χ3n) is 8.43. The summed E-state index contributed by atoms with van der Waals surface area (Å²) in [5, 5.41) is 0. The molecule has 0 aromatic rings. The number of hydrogen-bond donors (Lipinski definition) is 0. The van der Waals surface area contributed by atoms with Crippen LogP contribution < -0.4 is 0 Å². The molecule has 2 heterocycles. The summed E-state index contributed by atoms with van der Waals surface area (Å²) in [4.78, 5) is 26.5. The van der Waals surface area contributed by atoms with Crippen molar-refractivity contribution in [3.05, 3.63) is 23.3 Å². The Morgan fingerprint density at radius 1 is 1.32 bits per heavy atom. The molecule has 6 atom stereocenters. The van der Waals surface area contributed by atoms with Crippen molar-refractivity contribution in [3.63, 3.8) is 0 Å². The second-order valence-electron chi connectivity index (χ2n) is 10.0. The Labute approximate surface area is 167 Å². The van der Waals surface area contributed by atoms with E-state index in [4.69, 9.17) is 9.47 Å². The molecule has 0 N–H and O–H groups in total. The van der Waals surface area contributed by atoms with Gasteiger partial charge in [0, 0.05) is 37.1 Å². The first kappa shape index (κ1) is 18.6. The summed E-state index contributed by atoms with van der Waals surface area (Å²) >= 11 is 0. The molecule has 0 aromatic heterocycles. The van der Waals surface area contributed by atoms with Gasteiger partial charge in [0.1, 0.15) is 11.9 Å². The lowest BCUT2D eigenvalue weighted by molar-refractivity contribution is -0.166. The standard InChI is InChI=1S/C23H31NO4/c1-14(25)27-18-12-16-11-15-7-8-21(2)19(5-6-20(21)26)23(15)10-9-22(16,28-23)13-17(18)24(3)4/h7,11,17-19H,5-6,8-10,12-13H2,1-4H3/t17?,18-,19+,21-,22+,23+/m0/s1. The second-order valence-corrected chi connectivity index (χ2v) is 10.0. The fourth-order valence-electron chi connectivity index (χ4n) is 6.98. The number of carbonyl (C=O) groups excluding carboxylic acids is 2. The minimum atomic E-state index is -0.298. The fourth-order valence-corrected chi connectivity index (χ4v) is 6.98. The van der Waals surface area contributed by atoms with Gasteiger partial charge in [-0.25, -0.2) is 0 Å². The molecule has 0 radical (unpaired) electrons. The number of carbonyl (C=O) groups is 2. The fraction of sp³-hybridized carbons (Fsp3) is 0.739. The normalized spacial score (nSPS) is 46.5. The van der Waals surface area contributed by atoms with E-state index in [1.807, 2.05) is 0 Å². The summed E-state index contributed by atoms with van der Waals surface area (Å²) in [7, 11) is 4.11. The number of rotatable bonds is 2. The van der Waals surface area contributed by atoms with Gasteiger partial charge in [-0.3, -0.25) is 9.59 Å². The molecule has 3 aliphatic carbocycles. The van der Waals surface area contributed by atoms with E-state index in [2.05, 4.69) is 38.1 Å². The SMILES string of the molecule is CC(=O)O[C@H]1CC2=CC3=CC[C@]4(C)C(=O)CC[C@H]4[C@@]34CC[C@]2(CC1N(C)C)O4. The number of hydrogen-bond acceptors (Lipinski definition) is 5. The number of Topliss-reactive ketones (excluding diaryl/α,β-unsaturated/α-hetero) is 1. The van der Waals surface area contributed by atoms with Gasteiger partial charge < -0.3 is 14.4 Å². The smallest absolute Gasteiger partial charge is 0.302 e. The van der Waals surface area contributed by atoms with Crippen LogP contribution in [0, 0.1) is 11.3 Å². The minimum absolute atomic E-state index is 0.136. The summed E-state index contributed by atoms with van der Waals surface area (Å²) < 4.78 is 12.8. The molecule has 5 rings (SSSR count). The van der Waals surface area contributed by atoms with Crippen LogP contribution in [0.5, 0.6) is 0 Å². The quantitative estimate of drug-likeness (QED) is 0.684. The maximum atomic E-state index is 12.7. The highest BCUT2D eigenvalue weighted by Gasteiger charge is 2.67. The van der Waals surface area contributed by atoms with Crippen LogP contribution in [0.15, 0.2) is 23.3 Å². The van der Waals surface area contributed by atoms with E-state index < -0.39 is 0 Å². The Hall–Kier alpha value is -1.46. The lowest BCUT2D eigenvalue weighted by Gasteiger charge is -2.54. The molecule has 28 heavy (non-hydrogen) atoms. The summed E-state index contributed by atoms with van der Waals surface area (Å²) in [6, 6.07) is 0.141. The Kier molecular flexibility index (Phi) is 3.84. The maximum Gasteiger partial charge on any atom is 0.302 e. The van der Waals surface area contributed by atoms with E-state index >= 15 is 0 Å². The predicted molar refractivity (Wildman–Crippen MR) is 105 cm³/mol. The van der Waals surface area contributed by atoms with Crippen LogP contribution >= 0.6 is 0 Å². The number of nitrogens with zero attached hydrogens (tertiary/aromatic N) is 1. The molecule has 0 aromatic carbocycles. The summed E-state index contributed by atoms with van der Waals surface area (Å²) in [5.41, 5.74) is 1.72. The van der Waals surface area contributed by atoms with Gasteiger partial charge in [0.2, 0.25) is 0 Å². The molecule has 0 amide bonds. The van der Waals surface area contributed by atoms with Gasteiger partial charge in [-0.1, -0.05) is 19.1 Å². The van der Waals surface area contributed by atoms with Crippen molar-refractivity contribution in [1.82, 2.24) is 4.90 Å². The van der Waals surface area contributed by atoms with Crippen molar-refractivity contribution in [2.24, 2.45) is 11.3 Å². The van der Waals surface area contributed by atoms with Crippen molar-refractivity contribution in [2.75, 3.05) is 14.1 Å². The zero-order chi connectivity index (χ0) is 19.9. The molecule has 2 spiro atoms. The highest BCUT2D eigenvalue weighted by atomic mass is 16.5. The number of likely N-dealkylation sites (N-methyl/N-ethyl adjacent to an activating group) is 1. The summed E-state index contributed by atoms with van der Waals surface area (Å²) in [6.45, 7) is 3.65. The van der Waals surface area contributed by atoms with Crippen LogP contribution in [-0.4, -0.2) is 54.1 Å². The minimum Gasteiger partial charge on any atom is -0.461 e. The first-order valence-corrected chi connectivity index (χ1v) is 10.7. The summed E-state index contributed by atoms with van der Waals surface area (Å²) in [6.07, 6.45) is 10.5. The predicted octanol–water partition coefficient (Wildman–Crippen LogP) is 3.19. The molecule has 2 saturated carbocycles. The van der Waals surface area contributed by atoms with E-state index in [0.717, 1.165) is 38.5 Å². The van der Waals surface area contributed by atoms with Crippen LogP contribution in [0.1, 0.15) is 58.8 Å². The Morgan fingerprint density at radius 3 is 2.82 bits per heavy atom. The zero-order valence-corrected chi connectivity index (χ0v) is 17.4. The van der Waals surface area contributed by atoms with Gasteiger partial charge in [-0.15, -0.1) is 0 Å². The molecule has 2 bridgehead atoms. The lowest BCUT2D eigenvalue weighted by Crippen LogP contribution is -2.58. The molecule has 5 aliphatic rings. The van der Waals surface area contributed by atoms with Gasteiger partial charge >= 0.3 is 5.97 Å². The highest BCUT2D eigenvalue weighted by Crippen LogP contribution is 2.65. The number of allylic oxidation sites excluding steroid dienone is 1. The van der Waals surface area contributed by atoms with Gasteiger partial charge in [0.25, 0.3) is 0 Å². The molecule has 152 valence electrons. The average molecular weight is 386 g/mol. The number of fused-ring (bicyclic) bond motifs is 1. The van der Waals surface area contributed by atoms with E-state index in [0.29, 0.717) is 12.2 Å². The molecule has 5 heteroatoms. The number of ketones is 1. The van der Waals surface area contributed by atoms with Crippen LogP contribution in [0.2, 0.25) is 0 Å². The first-order valence-electron chi connectivity index (χ1n) is 10.7. The van der Waals surface area contributed by atoms with Crippen molar-refractivity contribution in [2.45, 2.75) is 82.1 Å². The van der Waals surface area contributed by atoms with Gasteiger partial charge in [-0.2, -0.15) is 0 Å². The van der Waals surface area contributed by atoms with Crippen molar-refractivity contribution in [3.8, 4) is 0 Å². The molecule has 1 saturated heterocycles. The van der Waals surface area contributed by atoms with Crippen molar-refractivity contribution in [1.29, 1.82) is 0 Å². The van der Waals surface area contributed by atoms with Crippen molar-refractivity contribution < 1.29 is 19.1 Å². The van der Waals surface area contributed by atoms with E-state index in [9.17, 15) is 9.59 Å². The van der Waals surface area contributed by atoms with Gasteiger partial charge in [0.05, 0.1) is 11.2 Å². The highest BCUT2D eigenvalue weighted by molar-refractivity contribution is 5.88. The molecule has 2 aliphatic heterocycles. The molecular formula is C23H31NO4. The largest absolute Gasteiger partial charge is 0.461 e. The maximum absolute atomic E-state index is 12.7. The summed E-state index contributed by atoms with van der Waals surface area (Å²) in [5.74, 6) is 0.475. The Morgan fingerprint density at radius 2 is 2.11 bits per heavy atom. The van der Waals surface area contributed by atoms with Gasteiger partial charge in [-0.05, 0) is 57.3 Å². The molecule has 5 nitrogen and oxygen atoms in total. The van der Waals surface area contributed by atoms with Crippen LogP contribution in [0.25, 0.3) is 0 Å². The topological polar surface area (TPSA) is 55.8 Å². The molecular weight excluding hydrogens is 354 g/mol. The Balaban J connectivity index is 1.56. The molecule has 3 fully saturated rings. The monoisotopic (exact) mass is 385 g/mol. The van der Waals surface area contributed by atoms with Crippen molar-refractivity contribution >= 4 is 11.8 Å². The van der Waals surface area contributed by atoms with E-state index in [1.165, 1.54) is 18.1 Å². The third-order valence-corrected chi connectivity index (χ3v) is 8.43. The zero-order valence-electron chi connectivity index (χ0n) is 17.4. The van der Waals surface area contributed by atoms with Crippen LogP contribution in [0.3, 0.4) is 0 Å². The number of ether oxygens (including phenoxy) is 2. The average Bonchev–Trinajstić information content (AvgIpc) is 3.10. The van der Waals surface area contributed by atoms with Crippen LogP contribution in [-0.2, 0) is 19.1 Å². The van der Waals surface area contributed by atoms with Crippen LogP contribution in [0.4, 0.5) is 0 Å². The Bertz CT molecular complexity index is 813. The molecule has 1 unspecified atom stereocenters. The second kappa shape index (κ2) is 5.79. The van der Waals surface area contributed by atoms with E-state index in [1.54, 1.807) is 0 Å². The first-order chi connectivity index (χ1) is 13.2. The van der Waals surface area contributed by atoms with Gasteiger partial charge in [0.15, 0.2) is 0 Å². The lowest BCUT2D eigenvalue weighted by atomic mass is 9.61.